The first kappa shape index (κ1) is 18.5. The number of anilines is 1. The number of halogens is 1. The number of amides is 2. The first-order valence-electron chi connectivity index (χ1n) is 8.05. The first-order chi connectivity index (χ1) is 11.4. The lowest BCUT2D eigenvalue weighted by molar-refractivity contribution is -0.136. The lowest BCUT2D eigenvalue weighted by Gasteiger charge is -2.35. The highest BCUT2D eigenvalue weighted by Gasteiger charge is 2.23. The number of hydrogen-bond donors (Lipinski definition) is 1. The molecule has 0 unspecified atom stereocenters. The number of nitrogens with one attached hydrogen (secondary N) is 1. The molecule has 1 N–H and O–H groups in total. The van der Waals surface area contributed by atoms with Gasteiger partial charge in [0.05, 0.1) is 18.7 Å². The smallest absolute Gasteiger partial charge is 0.238 e. The number of piperazine rings is 1. The molecule has 2 amide bonds. The third-order valence-corrected chi connectivity index (χ3v) is 4.28. The van der Waals surface area contributed by atoms with Crippen LogP contribution in [0.1, 0.15) is 13.8 Å². The number of hydrogen-bond acceptors (Lipinski definition) is 4. The van der Waals surface area contributed by atoms with E-state index in [0.29, 0.717) is 49.2 Å². The molecule has 1 aliphatic rings. The minimum absolute atomic E-state index is 0.0136. The number of ether oxygens (including phenoxy) is 1. The van der Waals surface area contributed by atoms with Crippen LogP contribution in [0, 0.1) is 5.92 Å². The normalized spacial score (nSPS) is 15.5. The van der Waals surface area contributed by atoms with Gasteiger partial charge < -0.3 is 15.0 Å². The number of benzene rings is 1. The SMILES string of the molecule is COc1ccc(NC(=O)CN2CCN(C(=O)C(C)C)CC2)cc1Cl. The number of rotatable bonds is 5. The van der Waals surface area contributed by atoms with E-state index < -0.39 is 0 Å². The Morgan fingerprint density at radius 2 is 1.92 bits per heavy atom. The van der Waals surface area contributed by atoms with E-state index >= 15 is 0 Å². The van der Waals surface area contributed by atoms with Crippen molar-refractivity contribution in [3.05, 3.63) is 23.2 Å². The van der Waals surface area contributed by atoms with E-state index in [4.69, 9.17) is 16.3 Å². The summed E-state index contributed by atoms with van der Waals surface area (Å²) in [6.45, 7) is 6.85. The fraction of sp³-hybridized carbons (Fsp3) is 0.529. The van der Waals surface area contributed by atoms with E-state index in [9.17, 15) is 9.59 Å². The van der Waals surface area contributed by atoms with Gasteiger partial charge in [0, 0.05) is 37.8 Å². The molecule has 1 fully saturated rings. The Bertz CT molecular complexity index is 599. The lowest BCUT2D eigenvalue weighted by atomic mass is 10.1. The molecule has 132 valence electrons. The Balaban J connectivity index is 1.81. The molecule has 2 rings (SSSR count). The van der Waals surface area contributed by atoms with Gasteiger partial charge in [-0.05, 0) is 18.2 Å². The predicted molar refractivity (Wildman–Crippen MR) is 94.5 cm³/mol. The molecule has 1 heterocycles. The van der Waals surface area contributed by atoms with Gasteiger partial charge >= 0.3 is 0 Å². The molecule has 7 heteroatoms. The topological polar surface area (TPSA) is 61.9 Å². The maximum Gasteiger partial charge on any atom is 0.238 e. The van der Waals surface area contributed by atoms with Crippen molar-refractivity contribution >= 4 is 29.1 Å². The van der Waals surface area contributed by atoms with E-state index in [1.54, 1.807) is 25.3 Å². The molecule has 1 saturated heterocycles. The minimum atomic E-state index is -0.0973. The monoisotopic (exact) mass is 353 g/mol. The van der Waals surface area contributed by atoms with Crippen molar-refractivity contribution in [1.29, 1.82) is 0 Å². The number of carbonyl (C=O) groups excluding carboxylic acids is 2. The molecule has 0 atom stereocenters. The van der Waals surface area contributed by atoms with Crippen LogP contribution in [0.25, 0.3) is 0 Å². The fourth-order valence-corrected chi connectivity index (χ4v) is 2.90. The van der Waals surface area contributed by atoms with Gasteiger partial charge in [0.25, 0.3) is 0 Å². The Kier molecular flexibility index (Phi) is 6.45. The van der Waals surface area contributed by atoms with Crippen molar-refractivity contribution in [2.45, 2.75) is 13.8 Å². The Hall–Kier alpha value is -1.79. The standard InChI is InChI=1S/C17H24ClN3O3/c1-12(2)17(23)21-8-6-20(7-9-21)11-16(22)19-13-4-5-15(24-3)14(18)10-13/h4-5,10,12H,6-9,11H2,1-3H3,(H,19,22). The summed E-state index contributed by atoms with van der Waals surface area (Å²) in [5.41, 5.74) is 0.638. The van der Waals surface area contributed by atoms with E-state index in [1.807, 2.05) is 23.6 Å². The van der Waals surface area contributed by atoms with Crippen LogP contribution < -0.4 is 10.1 Å². The van der Waals surface area contributed by atoms with Crippen LogP contribution in [-0.2, 0) is 9.59 Å². The van der Waals surface area contributed by atoms with Gasteiger partial charge in [-0.2, -0.15) is 0 Å². The zero-order chi connectivity index (χ0) is 17.7. The summed E-state index contributed by atoms with van der Waals surface area (Å²) in [5.74, 6) is 0.659. The van der Waals surface area contributed by atoms with Crippen LogP contribution in [0.2, 0.25) is 5.02 Å². The van der Waals surface area contributed by atoms with Gasteiger partial charge in [-0.15, -0.1) is 0 Å². The molecule has 0 aromatic heterocycles. The minimum Gasteiger partial charge on any atom is -0.495 e. The van der Waals surface area contributed by atoms with Crippen LogP contribution in [0.5, 0.6) is 5.75 Å². The average molecular weight is 354 g/mol. The second-order valence-electron chi connectivity index (χ2n) is 6.15. The van der Waals surface area contributed by atoms with Crippen LogP contribution >= 0.6 is 11.6 Å². The quantitative estimate of drug-likeness (QED) is 0.880. The second kappa shape index (κ2) is 8.35. The van der Waals surface area contributed by atoms with E-state index in [2.05, 4.69) is 5.32 Å². The van der Waals surface area contributed by atoms with Crippen molar-refractivity contribution < 1.29 is 14.3 Å². The van der Waals surface area contributed by atoms with Crippen molar-refractivity contribution in [2.24, 2.45) is 5.92 Å². The van der Waals surface area contributed by atoms with Gasteiger partial charge in [-0.1, -0.05) is 25.4 Å². The molecular weight excluding hydrogens is 330 g/mol. The van der Waals surface area contributed by atoms with E-state index in [1.165, 1.54) is 0 Å². The van der Waals surface area contributed by atoms with Crippen molar-refractivity contribution in [1.82, 2.24) is 9.80 Å². The molecular formula is C17H24ClN3O3. The van der Waals surface area contributed by atoms with Crippen molar-refractivity contribution in [2.75, 3.05) is 45.2 Å². The summed E-state index contributed by atoms with van der Waals surface area (Å²) in [7, 11) is 1.54. The fourth-order valence-electron chi connectivity index (χ4n) is 2.64. The Morgan fingerprint density at radius 1 is 1.25 bits per heavy atom. The Morgan fingerprint density at radius 3 is 2.46 bits per heavy atom. The van der Waals surface area contributed by atoms with Gasteiger partial charge in [-0.25, -0.2) is 0 Å². The molecule has 0 saturated carbocycles. The van der Waals surface area contributed by atoms with Crippen LogP contribution in [0.3, 0.4) is 0 Å². The molecule has 6 nitrogen and oxygen atoms in total. The average Bonchev–Trinajstić information content (AvgIpc) is 2.55. The summed E-state index contributed by atoms with van der Waals surface area (Å²) < 4.78 is 5.09. The summed E-state index contributed by atoms with van der Waals surface area (Å²) in [6, 6.07) is 5.13. The molecule has 0 spiro atoms. The largest absolute Gasteiger partial charge is 0.495 e. The summed E-state index contributed by atoms with van der Waals surface area (Å²) in [4.78, 5) is 28.0. The highest BCUT2D eigenvalue weighted by Crippen LogP contribution is 2.27. The van der Waals surface area contributed by atoms with Crippen molar-refractivity contribution in [3.8, 4) is 5.75 Å². The van der Waals surface area contributed by atoms with Crippen LogP contribution in [0.15, 0.2) is 18.2 Å². The van der Waals surface area contributed by atoms with Crippen LogP contribution in [-0.4, -0.2) is 61.4 Å². The maximum absolute atomic E-state index is 12.2. The zero-order valence-corrected chi connectivity index (χ0v) is 15.1. The summed E-state index contributed by atoms with van der Waals surface area (Å²) in [5, 5.41) is 3.29. The van der Waals surface area contributed by atoms with Gasteiger partial charge in [0.2, 0.25) is 11.8 Å². The Labute approximate surface area is 147 Å². The molecule has 1 aromatic carbocycles. The number of carbonyl (C=O) groups is 2. The van der Waals surface area contributed by atoms with Gasteiger partial charge in [-0.3, -0.25) is 14.5 Å². The summed E-state index contributed by atoms with van der Waals surface area (Å²) >= 11 is 6.05. The predicted octanol–water partition coefficient (Wildman–Crippen LogP) is 2.09. The van der Waals surface area contributed by atoms with Crippen molar-refractivity contribution in [3.63, 3.8) is 0 Å². The highest BCUT2D eigenvalue weighted by molar-refractivity contribution is 6.32. The zero-order valence-electron chi connectivity index (χ0n) is 14.3. The number of nitrogens with zero attached hydrogens (tertiary/aromatic N) is 2. The molecule has 0 bridgehead atoms. The van der Waals surface area contributed by atoms with E-state index in [-0.39, 0.29) is 17.7 Å². The summed E-state index contributed by atoms with van der Waals surface area (Å²) in [6.07, 6.45) is 0. The maximum atomic E-state index is 12.2. The van der Waals surface area contributed by atoms with Crippen LogP contribution in [0.4, 0.5) is 5.69 Å². The highest BCUT2D eigenvalue weighted by atomic mass is 35.5. The van der Waals surface area contributed by atoms with Gasteiger partial charge in [0.15, 0.2) is 0 Å². The number of methoxy groups -OCH3 is 1. The first-order valence-corrected chi connectivity index (χ1v) is 8.43. The molecule has 1 aromatic rings. The molecule has 0 radical (unpaired) electrons. The second-order valence-corrected chi connectivity index (χ2v) is 6.56. The lowest BCUT2D eigenvalue weighted by Crippen LogP contribution is -2.51. The third kappa shape index (κ3) is 4.85. The molecule has 1 aliphatic heterocycles. The van der Waals surface area contributed by atoms with Gasteiger partial charge in [0.1, 0.15) is 5.75 Å². The van der Waals surface area contributed by atoms with E-state index in [0.717, 1.165) is 0 Å². The molecule has 24 heavy (non-hydrogen) atoms. The molecule has 0 aliphatic carbocycles. The third-order valence-electron chi connectivity index (χ3n) is 3.98.